The number of benzene rings is 2. The lowest BCUT2D eigenvalue weighted by Crippen LogP contribution is -2.42. The van der Waals surface area contributed by atoms with Crippen LogP contribution in [0.3, 0.4) is 0 Å². The van der Waals surface area contributed by atoms with Gasteiger partial charge < -0.3 is 14.4 Å². The Bertz CT molecular complexity index is 1120. The van der Waals surface area contributed by atoms with Crippen molar-refractivity contribution in [2.45, 2.75) is 39.0 Å². The van der Waals surface area contributed by atoms with Crippen molar-refractivity contribution in [2.75, 3.05) is 29.9 Å². The number of amides is 1. The number of methoxy groups -OCH3 is 1. The van der Waals surface area contributed by atoms with Crippen molar-refractivity contribution < 1.29 is 27.1 Å². The van der Waals surface area contributed by atoms with E-state index in [1.165, 1.54) is 13.2 Å². The number of halogens is 1. The van der Waals surface area contributed by atoms with Gasteiger partial charge in [0.1, 0.15) is 28.8 Å². The van der Waals surface area contributed by atoms with Crippen molar-refractivity contribution in [1.29, 1.82) is 0 Å². The van der Waals surface area contributed by atoms with Gasteiger partial charge in [0.15, 0.2) is 0 Å². The zero-order chi connectivity index (χ0) is 23.7. The first-order chi connectivity index (χ1) is 14.9. The largest absolute Gasteiger partial charge is 0.495 e. The van der Waals surface area contributed by atoms with E-state index in [2.05, 4.69) is 18.6 Å². The van der Waals surface area contributed by atoms with Crippen molar-refractivity contribution in [1.82, 2.24) is 0 Å². The Morgan fingerprint density at radius 2 is 1.94 bits per heavy atom. The van der Waals surface area contributed by atoms with Crippen LogP contribution >= 0.6 is 0 Å². The van der Waals surface area contributed by atoms with Gasteiger partial charge in [0.2, 0.25) is 5.91 Å². The maximum absolute atomic E-state index is 13.7. The Labute approximate surface area is 188 Å². The summed E-state index contributed by atoms with van der Waals surface area (Å²) in [5.41, 5.74) is -0.0155. The second-order valence-electron chi connectivity index (χ2n) is 8.90. The highest BCUT2D eigenvalue weighted by atomic mass is 32.2. The van der Waals surface area contributed by atoms with E-state index >= 15 is 0 Å². The van der Waals surface area contributed by atoms with Crippen LogP contribution < -0.4 is 19.1 Å². The highest BCUT2D eigenvalue weighted by molar-refractivity contribution is 7.92. The molecule has 1 heterocycles. The summed E-state index contributed by atoms with van der Waals surface area (Å²) in [6.45, 7) is 8.48. The number of ether oxygens (including phenoxy) is 2. The van der Waals surface area contributed by atoms with Gasteiger partial charge in [-0.2, -0.15) is 0 Å². The van der Waals surface area contributed by atoms with Crippen molar-refractivity contribution in [3.8, 4) is 11.5 Å². The zero-order valence-electron chi connectivity index (χ0n) is 18.9. The van der Waals surface area contributed by atoms with Crippen LogP contribution in [0.15, 0.2) is 41.3 Å². The first kappa shape index (κ1) is 23.8. The summed E-state index contributed by atoms with van der Waals surface area (Å²) in [4.78, 5) is 14.6. The van der Waals surface area contributed by atoms with Gasteiger partial charge in [0.25, 0.3) is 10.0 Å². The van der Waals surface area contributed by atoms with E-state index in [4.69, 9.17) is 9.47 Å². The molecule has 0 unspecified atom stereocenters. The summed E-state index contributed by atoms with van der Waals surface area (Å²) in [5, 5.41) is 0. The Kier molecular flexibility index (Phi) is 6.69. The molecule has 0 saturated heterocycles. The molecule has 0 aromatic heterocycles. The second-order valence-corrected chi connectivity index (χ2v) is 10.5. The van der Waals surface area contributed by atoms with Crippen molar-refractivity contribution in [3.63, 3.8) is 0 Å². The van der Waals surface area contributed by atoms with Gasteiger partial charge in [0, 0.05) is 6.54 Å². The Balaban J connectivity index is 2.01. The number of rotatable bonds is 7. The maximum Gasteiger partial charge on any atom is 0.265 e. The summed E-state index contributed by atoms with van der Waals surface area (Å²) in [6.07, 6.45) is 0.776. The number of nitrogens with one attached hydrogen (secondary N) is 1. The van der Waals surface area contributed by atoms with E-state index in [9.17, 15) is 17.6 Å². The minimum Gasteiger partial charge on any atom is -0.495 e. The third-order valence-corrected chi connectivity index (χ3v) is 6.66. The molecular formula is C23H29FN2O5S. The van der Waals surface area contributed by atoms with E-state index < -0.39 is 21.3 Å². The highest BCUT2D eigenvalue weighted by Crippen LogP contribution is 2.39. The number of anilines is 2. The number of hydrogen-bond donors (Lipinski definition) is 1. The van der Waals surface area contributed by atoms with Crippen LogP contribution in [0.1, 0.15) is 34.1 Å². The average Bonchev–Trinajstić information content (AvgIpc) is 2.81. The minimum atomic E-state index is -4.15. The van der Waals surface area contributed by atoms with Gasteiger partial charge in [-0.15, -0.1) is 0 Å². The fourth-order valence-electron chi connectivity index (χ4n) is 3.39. The van der Waals surface area contributed by atoms with Crippen LogP contribution in [-0.4, -0.2) is 34.6 Å². The van der Waals surface area contributed by atoms with Gasteiger partial charge in [-0.1, -0.05) is 13.8 Å². The van der Waals surface area contributed by atoms with E-state index in [1.807, 2.05) is 13.8 Å². The molecule has 174 valence electrons. The molecule has 2 aromatic rings. The summed E-state index contributed by atoms with van der Waals surface area (Å²) in [5.74, 6) is 0.102. The van der Waals surface area contributed by atoms with Gasteiger partial charge in [-0.25, -0.2) is 12.8 Å². The highest BCUT2D eigenvalue weighted by Gasteiger charge is 2.38. The molecule has 32 heavy (non-hydrogen) atoms. The van der Waals surface area contributed by atoms with Crippen molar-refractivity contribution in [2.24, 2.45) is 11.3 Å². The minimum absolute atomic E-state index is 0.0208. The molecule has 0 radical (unpaired) electrons. The number of carbonyl (C=O) groups is 1. The number of hydrogen-bond acceptors (Lipinski definition) is 5. The quantitative estimate of drug-likeness (QED) is 0.655. The van der Waals surface area contributed by atoms with E-state index in [0.29, 0.717) is 23.9 Å². The van der Waals surface area contributed by atoms with Crippen molar-refractivity contribution >= 4 is 27.3 Å². The Hall–Kier alpha value is -2.81. The molecular weight excluding hydrogens is 435 g/mol. The fourth-order valence-corrected chi connectivity index (χ4v) is 4.62. The van der Waals surface area contributed by atoms with Gasteiger partial charge in [-0.05, 0) is 62.6 Å². The number of sulfonamides is 1. The van der Waals surface area contributed by atoms with Gasteiger partial charge >= 0.3 is 0 Å². The van der Waals surface area contributed by atoms with E-state index in [-0.39, 0.29) is 28.8 Å². The lowest BCUT2D eigenvalue weighted by molar-refractivity contribution is -0.127. The first-order valence-electron chi connectivity index (χ1n) is 10.4. The van der Waals surface area contributed by atoms with Gasteiger partial charge in [-0.3, -0.25) is 9.52 Å². The van der Waals surface area contributed by atoms with E-state index in [0.717, 1.165) is 18.6 Å². The molecule has 0 spiro atoms. The second kappa shape index (κ2) is 8.97. The first-order valence-corrected chi connectivity index (χ1v) is 11.9. The molecule has 0 bridgehead atoms. The maximum atomic E-state index is 13.7. The normalized spacial score (nSPS) is 15.7. The predicted molar refractivity (Wildman–Crippen MR) is 121 cm³/mol. The number of carbonyl (C=O) groups excluding carboxylic acids is 1. The molecule has 0 atom stereocenters. The van der Waals surface area contributed by atoms with Crippen molar-refractivity contribution in [3.05, 3.63) is 42.2 Å². The summed E-state index contributed by atoms with van der Waals surface area (Å²) >= 11 is 0. The zero-order valence-corrected chi connectivity index (χ0v) is 19.8. The Morgan fingerprint density at radius 1 is 1.22 bits per heavy atom. The SMILES string of the molecule is COc1ccc(F)cc1S(=O)(=O)Nc1ccc2c(c1)N(CCC(C)C)C(=O)C(C)(C)CO2. The van der Waals surface area contributed by atoms with Crippen LogP contribution in [0.2, 0.25) is 0 Å². The molecule has 3 rings (SSSR count). The van der Waals surface area contributed by atoms with Crippen LogP contribution in [0.25, 0.3) is 0 Å². The molecule has 0 saturated carbocycles. The molecule has 7 nitrogen and oxygen atoms in total. The molecule has 2 aromatic carbocycles. The molecule has 0 fully saturated rings. The topological polar surface area (TPSA) is 84.9 Å². The van der Waals surface area contributed by atoms with Crippen LogP contribution in [-0.2, 0) is 14.8 Å². The summed E-state index contributed by atoms with van der Waals surface area (Å²) < 4.78 is 53.1. The smallest absolute Gasteiger partial charge is 0.265 e. The number of nitrogens with zero attached hydrogens (tertiary/aromatic N) is 1. The standard InChI is InChI=1S/C23H29FN2O5S/c1-15(2)10-11-26-18-13-17(7-9-19(18)31-14-23(3,4)22(26)27)25-32(28,29)21-12-16(24)6-8-20(21)30-5/h6-9,12-13,15,25H,10-11,14H2,1-5H3. The fraction of sp³-hybridized carbons (Fsp3) is 0.435. The molecule has 0 aliphatic carbocycles. The molecule has 1 N–H and O–H groups in total. The van der Waals surface area contributed by atoms with E-state index in [1.54, 1.807) is 23.1 Å². The lowest BCUT2D eigenvalue weighted by Gasteiger charge is -2.28. The third-order valence-electron chi connectivity index (χ3n) is 5.26. The molecule has 1 aliphatic heterocycles. The number of fused-ring (bicyclic) bond motifs is 1. The van der Waals surface area contributed by atoms with Gasteiger partial charge in [0.05, 0.1) is 23.9 Å². The van der Waals surface area contributed by atoms with Crippen LogP contribution in [0.4, 0.5) is 15.8 Å². The average molecular weight is 465 g/mol. The molecule has 9 heteroatoms. The molecule has 1 amide bonds. The van der Waals surface area contributed by atoms with Crippen LogP contribution in [0, 0.1) is 17.2 Å². The monoisotopic (exact) mass is 464 g/mol. The lowest BCUT2D eigenvalue weighted by atomic mass is 9.92. The Morgan fingerprint density at radius 3 is 2.59 bits per heavy atom. The van der Waals surface area contributed by atoms with Crippen LogP contribution in [0.5, 0.6) is 11.5 Å². The predicted octanol–water partition coefficient (Wildman–Crippen LogP) is 4.43. The summed E-state index contributed by atoms with van der Waals surface area (Å²) in [6, 6.07) is 8.02. The summed E-state index contributed by atoms with van der Waals surface area (Å²) in [7, 11) is -2.84. The molecule has 1 aliphatic rings. The third kappa shape index (κ3) is 4.98.